The first kappa shape index (κ1) is 11.9. The molecule has 84 valence electrons. The van der Waals surface area contributed by atoms with Gasteiger partial charge in [-0.3, -0.25) is 0 Å². The molecular formula is C12H20N2O. The molecule has 0 aliphatic rings. The van der Waals surface area contributed by atoms with Gasteiger partial charge in [0, 0.05) is 6.54 Å². The van der Waals surface area contributed by atoms with Gasteiger partial charge >= 0.3 is 0 Å². The Morgan fingerprint density at radius 2 is 2.07 bits per heavy atom. The summed E-state index contributed by atoms with van der Waals surface area (Å²) in [6.07, 6.45) is 0.969. The van der Waals surface area contributed by atoms with Crippen LogP contribution in [0.3, 0.4) is 0 Å². The van der Waals surface area contributed by atoms with Crippen molar-refractivity contribution in [1.29, 1.82) is 0 Å². The normalized spacial score (nSPS) is 10.1. The zero-order valence-electron chi connectivity index (χ0n) is 9.76. The maximum Gasteiger partial charge on any atom is 0.142 e. The Hall–Kier alpha value is -1.22. The van der Waals surface area contributed by atoms with Crippen LogP contribution in [0.5, 0.6) is 5.75 Å². The molecule has 1 aromatic rings. The summed E-state index contributed by atoms with van der Waals surface area (Å²) in [6, 6.07) is 4.19. The standard InChI is InChI=1S/C12H20N2O/c1-9-7-10(2)12(11(8-9)15-3)14-6-4-5-13/h7-8,14H,4-6,13H2,1-3H3. The topological polar surface area (TPSA) is 47.3 Å². The van der Waals surface area contributed by atoms with Gasteiger partial charge in [-0.15, -0.1) is 0 Å². The number of rotatable bonds is 5. The first-order valence-electron chi connectivity index (χ1n) is 5.28. The van der Waals surface area contributed by atoms with Crippen LogP contribution < -0.4 is 15.8 Å². The summed E-state index contributed by atoms with van der Waals surface area (Å²) >= 11 is 0. The molecule has 0 amide bonds. The third-order valence-corrected chi connectivity index (χ3v) is 2.35. The Morgan fingerprint density at radius 1 is 1.33 bits per heavy atom. The molecule has 15 heavy (non-hydrogen) atoms. The second-order valence-corrected chi connectivity index (χ2v) is 3.73. The minimum absolute atomic E-state index is 0.709. The fourth-order valence-electron chi connectivity index (χ4n) is 1.63. The van der Waals surface area contributed by atoms with Gasteiger partial charge in [-0.05, 0) is 44.0 Å². The number of ether oxygens (including phenoxy) is 1. The molecule has 0 heterocycles. The molecule has 0 aliphatic carbocycles. The van der Waals surface area contributed by atoms with Crippen LogP contribution in [0.1, 0.15) is 17.5 Å². The van der Waals surface area contributed by atoms with E-state index in [1.807, 2.05) is 6.07 Å². The van der Waals surface area contributed by atoms with Gasteiger partial charge in [0.2, 0.25) is 0 Å². The number of hydrogen-bond acceptors (Lipinski definition) is 3. The van der Waals surface area contributed by atoms with Crippen molar-refractivity contribution in [3.63, 3.8) is 0 Å². The minimum Gasteiger partial charge on any atom is -0.495 e. The highest BCUT2D eigenvalue weighted by molar-refractivity contribution is 5.63. The summed E-state index contributed by atoms with van der Waals surface area (Å²) in [4.78, 5) is 0. The predicted molar refractivity (Wildman–Crippen MR) is 64.6 cm³/mol. The largest absolute Gasteiger partial charge is 0.495 e. The van der Waals surface area contributed by atoms with E-state index in [4.69, 9.17) is 10.5 Å². The van der Waals surface area contributed by atoms with Crippen LogP contribution in [-0.4, -0.2) is 20.2 Å². The van der Waals surface area contributed by atoms with Crippen molar-refractivity contribution in [1.82, 2.24) is 0 Å². The number of methoxy groups -OCH3 is 1. The summed E-state index contributed by atoms with van der Waals surface area (Å²) in [5.74, 6) is 0.907. The van der Waals surface area contributed by atoms with Gasteiger partial charge in [0.25, 0.3) is 0 Å². The van der Waals surface area contributed by atoms with Crippen molar-refractivity contribution >= 4 is 5.69 Å². The summed E-state index contributed by atoms with van der Waals surface area (Å²) in [5.41, 5.74) is 8.96. The molecule has 1 rings (SSSR count). The van der Waals surface area contributed by atoms with Gasteiger partial charge < -0.3 is 15.8 Å². The first-order chi connectivity index (χ1) is 7.19. The van der Waals surface area contributed by atoms with Crippen molar-refractivity contribution in [3.8, 4) is 5.75 Å². The van der Waals surface area contributed by atoms with E-state index in [1.165, 1.54) is 11.1 Å². The highest BCUT2D eigenvalue weighted by Crippen LogP contribution is 2.29. The maximum atomic E-state index is 5.45. The number of anilines is 1. The van der Waals surface area contributed by atoms with Gasteiger partial charge in [0.1, 0.15) is 5.75 Å². The predicted octanol–water partition coefficient (Wildman–Crippen LogP) is 2.07. The first-order valence-corrected chi connectivity index (χ1v) is 5.28. The van der Waals surface area contributed by atoms with Gasteiger partial charge in [0.15, 0.2) is 0 Å². The molecule has 0 unspecified atom stereocenters. The Bertz CT molecular complexity index is 324. The molecule has 0 atom stereocenters. The smallest absolute Gasteiger partial charge is 0.142 e. The van der Waals surface area contributed by atoms with E-state index in [-0.39, 0.29) is 0 Å². The Kier molecular flexibility index (Phi) is 4.43. The van der Waals surface area contributed by atoms with Crippen LogP contribution in [-0.2, 0) is 0 Å². The summed E-state index contributed by atoms with van der Waals surface area (Å²) in [7, 11) is 1.70. The Labute approximate surface area is 91.6 Å². The number of nitrogens with one attached hydrogen (secondary N) is 1. The monoisotopic (exact) mass is 208 g/mol. The van der Waals surface area contributed by atoms with Crippen molar-refractivity contribution in [2.45, 2.75) is 20.3 Å². The van der Waals surface area contributed by atoms with Gasteiger partial charge in [-0.2, -0.15) is 0 Å². The van der Waals surface area contributed by atoms with E-state index in [1.54, 1.807) is 7.11 Å². The number of benzene rings is 1. The molecule has 0 saturated heterocycles. The Balaban J connectivity index is 2.84. The van der Waals surface area contributed by atoms with E-state index in [2.05, 4.69) is 25.2 Å². The average Bonchev–Trinajstić information content (AvgIpc) is 2.20. The maximum absolute atomic E-state index is 5.45. The molecule has 3 heteroatoms. The lowest BCUT2D eigenvalue weighted by Crippen LogP contribution is -2.10. The zero-order valence-corrected chi connectivity index (χ0v) is 9.76. The highest BCUT2D eigenvalue weighted by Gasteiger charge is 2.06. The van der Waals surface area contributed by atoms with Crippen molar-refractivity contribution in [2.75, 3.05) is 25.5 Å². The van der Waals surface area contributed by atoms with E-state index < -0.39 is 0 Å². The number of aryl methyl sites for hydroxylation is 2. The molecule has 0 aromatic heterocycles. The highest BCUT2D eigenvalue weighted by atomic mass is 16.5. The fraction of sp³-hybridized carbons (Fsp3) is 0.500. The molecule has 0 bridgehead atoms. The third-order valence-electron chi connectivity index (χ3n) is 2.35. The van der Waals surface area contributed by atoms with Crippen LogP contribution >= 0.6 is 0 Å². The fourth-order valence-corrected chi connectivity index (χ4v) is 1.63. The molecule has 0 fully saturated rings. The molecule has 0 aliphatic heterocycles. The summed E-state index contributed by atoms with van der Waals surface area (Å²) in [6.45, 7) is 5.75. The number of nitrogens with two attached hydrogens (primary N) is 1. The average molecular weight is 208 g/mol. The van der Waals surface area contributed by atoms with Crippen LogP contribution in [0.15, 0.2) is 12.1 Å². The van der Waals surface area contributed by atoms with Crippen LogP contribution in [0.4, 0.5) is 5.69 Å². The van der Waals surface area contributed by atoms with Gasteiger partial charge in [-0.1, -0.05) is 6.07 Å². The van der Waals surface area contributed by atoms with Crippen LogP contribution in [0.25, 0.3) is 0 Å². The third kappa shape index (κ3) is 3.13. The molecule has 3 N–H and O–H groups in total. The van der Waals surface area contributed by atoms with E-state index in [0.717, 1.165) is 24.4 Å². The van der Waals surface area contributed by atoms with Gasteiger partial charge in [0.05, 0.1) is 12.8 Å². The second-order valence-electron chi connectivity index (χ2n) is 3.73. The molecule has 0 radical (unpaired) electrons. The SMILES string of the molecule is COc1cc(C)cc(C)c1NCCCN. The number of hydrogen-bond donors (Lipinski definition) is 2. The molecular weight excluding hydrogens is 188 g/mol. The Morgan fingerprint density at radius 3 is 2.67 bits per heavy atom. The lowest BCUT2D eigenvalue weighted by molar-refractivity contribution is 0.416. The van der Waals surface area contributed by atoms with Gasteiger partial charge in [-0.25, -0.2) is 0 Å². The second kappa shape index (κ2) is 5.61. The van der Waals surface area contributed by atoms with Crippen LogP contribution in [0, 0.1) is 13.8 Å². The molecule has 3 nitrogen and oxygen atoms in total. The summed E-state index contributed by atoms with van der Waals surface area (Å²) in [5, 5.41) is 3.36. The van der Waals surface area contributed by atoms with E-state index in [0.29, 0.717) is 6.54 Å². The molecule has 0 spiro atoms. The lowest BCUT2D eigenvalue weighted by Gasteiger charge is -2.14. The molecule has 0 saturated carbocycles. The zero-order chi connectivity index (χ0) is 11.3. The van der Waals surface area contributed by atoms with E-state index >= 15 is 0 Å². The minimum atomic E-state index is 0.709. The van der Waals surface area contributed by atoms with Crippen molar-refractivity contribution in [2.24, 2.45) is 5.73 Å². The van der Waals surface area contributed by atoms with Crippen molar-refractivity contribution in [3.05, 3.63) is 23.3 Å². The van der Waals surface area contributed by atoms with Crippen molar-refractivity contribution < 1.29 is 4.74 Å². The molecule has 1 aromatic carbocycles. The quantitative estimate of drug-likeness (QED) is 0.728. The lowest BCUT2D eigenvalue weighted by atomic mass is 10.1. The summed E-state index contributed by atoms with van der Waals surface area (Å²) < 4.78 is 5.34. The van der Waals surface area contributed by atoms with Crippen LogP contribution in [0.2, 0.25) is 0 Å². The van der Waals surface area contributed by atoms with E-state index in [9.17, 15) is 0 Å².